The van der Waals surface area contributed by atoms with Crippen LogP contribution in [0.4, 0.5) is 0 Å². The molecule has 2 aromatic rings. The fraction of sp³-hybridized carbons (Fsp3) is 0.500. The van der Waals surface area contributed by atoms with Crippen LogP contribution in [0.25, 0.3) is 11.0 Å². The van der Waals surface area contributed by atoms with Crippen LogP contribution in [0.2, 0.25) is 0 Å². The largest absolute Gasteiger partial charge is 0.493 e. The van der Waals surface area contributed by atoms with Gasteiger partial charge in [-0.1, -0.05) is 25.0 Å². The van der Waals surface area contributed by atoms with Crippen molar-refractivity contribution in [3.8, 4) is 5.75 Å². The second kappa shape index (κ2) is 7.02. The minimum Gasteiger partial charge on any atom is -0.493 e. The molecule has 6 nitrogen and oxygen atoms in total. The molecule has 6 heteroatoms. The van der Waals surface area contributed by atoms with E-state index in [2.05, 4.69) is 5.32 Å². The normalized spacial score (nSPS) is 20.7. The van der Waals surface area contributed by atoms with E-state index in [-0.39, 0.29) is 29.5 Å². The zero-order chi connectivity index (χ0) is 18.1. The molecule has 1 atom stereocenters. The molecule has 1 unspecified atom stereocenters. The summed E-state index contributed by atoms with van der Waals surface area (Å²) in [5.74, 6) is 1.07. The Morgan fingerprint density at radius 1 is 1.23 bits per heavy atom. The van der Waals surface area contributed by atoms with Gasteiger partial charge < -0.3 is 19.4 Å². The molecule has 138 valence electrons. The second-order valence-electron chi connectivity index (χ2n) is 7.21. The van der Waals surface area contributed by atoms with Crippen LogP contribution in [0.15, 0.2) is 28.7 Å². The summed E-state index contributed by atoms with van der Waals surface area (Å²) >= 11 is 0. The van der Waals surface area contributed by atoms with Crippen LogP contribution < -0.4 is 10.1 Å². The summed E-state index contributed by atoms with van der Waals surface area (Å²) < 4.78 is 11.0. The zero-order valence-corrected chi connectivity index (χ0v) is 15.0. The summed E-state index contributed by atoms with van der Waals surface area (Å²) in [4.78, 5) is 27.0. The highest BCUT2D eigenvalue weighted by atomic mass is 16.5. The number of nitrogens with one attached hydrogen (secondary N) is 1. The molecule has 2 heterocycles. The molecule has 1 aromatic heterocycles. The van der Waals surface area contributed by atoms with Crippen LogP contribution in [0.1, 0.15) is 42.7 Å². The van der Waals surface area contributed by atoms with Gasteiger partial charge >= 0.3 is 0 Å². The number of hydrogen-bond donors (Lipinski definition) is 1. The van der Waals surface area contributed by atoms with Crippen LogP contribution in [-0.2, 0) is 4.79 Å². The number of benzene rings is 1. The Morgan fingerprint density at radius 3 is 2.81 bits per heavy atom. The van der Waals surface area contributed by atoms with Crippen molar-refractivity contribution in [1.29, 1.82) is 0 Å². The van der Waals surface area contributed by atoms with E-state index < -0.39 is 0 Å². The first-order chi connectivity index (χ1) is 12.7. The lowest BCUT2D eigenvalue weighted by atomic mass is 10.1. The third-order valence-electron chi connectivity index (χ3n) is 5.49. The Morgan fingerprint density at radius 2 is 2.04 bits per heavy atom. The molecular weight excluding hydrogens is 332 g/mol. The summed E-state index contributed by atoms with van der Waals surface area (Å²) in [6, 6.07) is 7.25. The summed E-state index contributed by atoms with van der Waals surface area (Å²) in [5, 5.41) is 3.83. The number of rotatable bonds is 4. The van der Waals surface area contributed by atoms with E-state index in [0.29, 0.717) is 24.4 Å². The van der Waals surface area contributed by atoms with Crippen LogP contribution in [0, 0.1) is 5.92 Å². The highest BCUT2D eigenvalue weighted by Crippen LogP contribution is 2.29. The van der Waals surface area contributed by atoms with Crippen LogP contribution in [-0.4, -0.2) is 43.0 Å². The third-order valence-corrected chi connectivity index (χ3v) is 5.49. The van der Waals surface area contributed by atoms with Crippen molar-refractivity contribution in [3.63, 3.8) is 0 Å². The molecule has 1 aliphatic heterocycles. The number of hydrogen-bond acceptors (Lipinski definition) is 4. The van der Waals surface area contributed by atoms with Crippen LogP contribution in [0.3, 0.4) is 0 Å². The SMILES string of the molecule is COc1cccc2cc(C(=O)NC3CCN(C(=O)C4CCCC4)C3)oc12. The average Bonchev–Trinajstić information content (AvgIpc) is 3.39. The van der Waals surface area contributed by atoms with Gasteiger partial charge in [0.2, 0.25) is 5.91 Å². The molecule has 1 saturated carbocycles. The molecule has 1 N–H and O–H groups in total. The monoisotopic (exact) mass is 356 g/mol. The molecule has 26 heavy (non-hydrogen) atoms. The Balaban J connectivity index is 1.40. The number of likely N-dealkylation sites (tertiary alicyclic amines) is 1. The molecule has 4 rings (SSSR count). The van der Waals surface area contributed by atoms with Gasteiger partial charge in [0.15, 0.2) is 17.1 Å². The highest BCUT2D eigenvalue weighted by molar-refractivity contribution is 5.97. The number of ether oxygens (including phenoxy) is 1. The van der Waals surface area contributed by atoms with Gasteiger partial charge in [-0.05, 0) is 31.4 Å². The maximum Gasteiger partial charge on any atom is 0.287 e. The first-order valence-corrected chi connectivity index (χ1v) is 9.32. The van der Waals surface area contributed by atoms with Crippen molar-refractivity contribution in [2.75, 3.05) is 20.2 Å². The number of furan rings is 1. The molecule has 2 aliphatic rings. The second-order valence-corrected chi connectivity index (χ2v) is 7.21. The lowest BCUT2D eigenvalue weighted by Gasteiger charge is -2.20. The first kappa shape index (κ1) is 16.9. The van der Waals surface area contributed by atoms with Gasteiger partial charge in [-0.2, -0.15) is 0 Å². The molecule has 1 saturated heterocycles. The lowest BCUT2D eigenvalue weighted by Crippen LogP contribution is -2.39. The summed E-state index contributed by atoms with van der Waals surface area (Å²) in [5.41, 5.74) is 0.574. The molecule has 0 spiro atoms. The van der Waals surface area contributed by atoms with E-state index in [1.54, 1.807) is 19.2 Å². The first-order valence-electron chi connectivity index (χ1n) is 9.32. The lowest BCUT2D eigenvalue weighted by molar-refractivity contribution is -0.134. The Kier molecular flexibility index (Phi) is 4.57. The number of methoxy groups -OCH3 is 1. The van der Waals surface area contributed by atoms with Crippen molar-refractivity contribution in [3.05, 3.63) is 30.0 Å². The number of fused-ring (bicyclic) bond motifs is 1. The van der Waals surface area contributed by atoms with Crippen molar-refractivity contribution in [1.82, 2.24) is 10.2 Å². The third kappa shape index (κ3) is 3.16. The molecule has 0 bridgehead atoms. The molecule has 2 fully saturated rings. The van der Waals surface area contributed by atoms with Gasteiger partial charge in [-0.25, -0.2) is 0 Å². The summed E-state index contributed by atoms with van der Waals surface area (Å²) in [6.45, 7) is 1.30. The van der Waals surface area contributed by atoms with E-state index in [0.717, 1.165) is 37.5 Å². The number of carbonyl (C=O) groups is 2. The van der Waals surface area contributed by atoms with E-state index in [9.17, 15) is 9.59 Å². The smallest absolute Gasteiger partial charge is 0.287 e. The van der Waals surface area contributed by atoms with Crippen LogP contribution >= 0.6 is 0 Å². The van der Waals surface area contributed by atoms with Gasteiger partial charge in [0.05, 0.1) is 7.11 Å². The quantitative estimate of drug-likeness (QED) is 0.914. The fourth-order valence-corrected chi connectivity index (χ4v) is 4.07. The van der Waals surface area contributed by atoms with Crippen LogP contribution in [0.5, 0.6) is 5.75 Å². The fourth-order valence-electron chi connectivity index (χ4n) is 4.07. The van der Waals surface area contributed by atoms with E-state index in [1.807, 2.05) is 17.0 Å². The van der Waals surface area contributed by atoms with Crippen molar-refractivity contribution < 1.29 is 18.7 Å². The minimum absolute atomic E-state index is 0.0250. The zero-order valence-electron chi connectivity index (χ0n) is 15.0. The highest BCUT2D eigenvalue weighted by Gasteiger charge is 2.33. The van der Waals surface area contributed by atoms with Crippen molar-refractivity contribution in [2.24, 2.45) is 5.92 Å². The molecule has 0 radical (unpaired) electrons. The summed E-state index contributed by atoms with van der Waals surface area (Å²) in [7, 11) is 1.57. The predicted octanol–water partition coefficient (Wildman–Crippen LogP) is 2.96. The average molecular weight is 356 g/mol. The molecule has 2 amide bonds. The number of para-hydroxylation sites is 1. The molecule has 1 aliphatic carbocycles. The Hall–Kier alpha value is -2.50. The molecule has 1 aromatic carbocycles. The maximum atomic E-state index is 12.6. The number of carbonyl (C=O) groups excluding carboxylic acids is 2. The Bertz CT molecular complexity index is 822. The topological polar surface area (TPSA) is 71.8 Å². The maximum absolute atomic E-state index is 12.6. The van der Waals surface area contributed by atoms with Crippen molar-refractivity contribution in [2.45, 2.75) is 38.1 Å². The standard InChI is InChI=1S/C20H24N2O4/c1-25-16-8-4-7-14-11-17(26-18(14)16)19(23)21-15-9-10-22(12-15)20(24)13-5-2-3-6-13/h4,7-8,11,13,15H,2-3,5-6,9-10,12H2,1H3,(H,21,23). The number of amides is 2. The van der Waals surface area contributed by atoms with Gasteiger partial charge in [0.25, 0.3) is 5.91 Å². The van der Waals surface area contributed by atoms with Gasteiger partial charge in [-0.3, -0.25) is 9.59 Å². The number of nitrogens with zero attached hydrogens (tertiary/aromatic N) is 1. The van der Waals surface area contributed by atoms with Gasteiger partial charge in [0.1, 0.15) is 0 Å². The summed E-state index contributed by atoms with van der Waals surface area (Å²) in [6.07, 6.45) is 5.11. The van der Waals surface area contributed by atoms with Crippen molar-refractivity contribution >= 4 is 22.8 Å². The van der Waals surface area contributed by atoms with Gasteiger partial charge in [0, 0.05) is 30.4 Å². The Labute approximate surface area is 152 Å². The predicted molar refractivity (Wildman–Crippen MR) is 97.2 cm³/mol. The molecular formula is C20H24N2O4. The van der Waals surface area contributed by atoms with E-state index in [4.69, 9.17) is 9.15 Å². The van der Waals surface area contributed by atoms with E-state index in [1.165, 1.54) is 0 Å². The van der Waals surface area contributed by atoms with Gasteiger partial charge in [-0.15, -0.1) is 0 Å². The van der Waals surface area contributed by atoms with E-state index >= 15 is 0 Å². The minimum atomic E-state index is -0.247.